The van der Waals surface area contributed by atoms with Gasteiger partial charge in [0.05, 0.1) is 11.1 Å². The number of hydrogen-bond donors (Lipinski definition) is 2. The van der Waals surface area contributed by atoms with Gasteiger partial charge in [-0.05, 0) is 90.9 Å². The van der Waals surface area contributed by atoms with Gasteiger partial charge < -0.3 is 15.0 Å². The second kappa shape index (κ2) is 13.3. The fourth-order valence-corrected chi connectivity index (χ4v) is 3.86. The van der Waals surface area contributed by atoms with Crippen LogP contribution >= 0.6 is 28.1 Å². The normalized spacial score (nSPS) is 10.5. The number of thiocarbonyl (C=S) groups is 1. The third-order valence-electron chi connectivity index (χ3n) is 4.93. The zero-order valence-corrected chi connectivity index (χ0v) is 20.9. The molecule has 0 saturated carbocycles. The Morgan fingerprint density at radius 1 is 1.03 bits per heavy atom. The maximum Gasteiger partial charge on any atom is 0.257 e. The van der Waals surface area contributed by atoms with Crippen LogP contribution in [0.15, 0.2) is 46.9 Å². The maximum absolute atomic E-state index is 12.6. The van der Waals surface area contributed by atoms with Gasteiger partial charge in [0, 0.05) is 30.0 Å². The molecule has 0 aliphatic heterocycles. The van der Waals surface area contributed by atoms with Crippen LogP contribution in [0.4, 0.5) is 11.4 Å². The third kappa shape index (κ3) is 8.15. The minimum Gasteiger partial charge on any atom is -0.492 e. The second-order valence-electron chi connectivity index (χ2n) is 7.18. The molecular weight excluding hydrogens is 474 g/mol. The summed E-state index contributed by atoms with van der Waals surface area (Å²) in [5, 5.41) is 6.04. The van der Waals surface area contributed by atoms with Gasteiger partial charge in [0.2, 0.25) is 0 Å². The van der Waals surface area contributed by atoms with Gasteiger partial charge in [-0.25, -0.2) is 0 Å². The highest BCUT2D eigenvalue weighted by molar-refractivity contribution is 9.10. The SMILES string of the molecule is CCCCCCOc1ccc(C(=O)NC(=S)Nc2ccc(N(CC)CC)cc2)cc1Br. The monoisotopic (exact) mass is 505 g/mol. The number of unbranched alkanes of at least 4 members (excludes halogenated alkanes) is 3. The molecule has 2 aromatic rings. The minimum absolute atomic E-state index is 0.257. The molecule has 168 valence electrons. The van der Waals surface area contributed by atoms with E-state index < -0.39 is 0 Å². The summed E-state index contributed by atoms with van der Waals surface area (Å²) in [6.07, 6.45) is 4.61. The fraction of sp³-hybridized carbons (Fsp3) is 0.417. The van der Waals surface area contributed by atoms with Crippen molar-refractivity contribution in [1.82, 2.24) is 5.32 Å². The van der Waals surface area contributed by atoms with E-state index in [4.69, 9.17) is 17.0 Å². The Labute approximate surface area is 199 Å². The summed E-state index contributed by atoms with van der Waals surface area (Å²) in [4.78, 5) is 14.8. The zero-order chi connectivity index (χ0) is 22.6. The first-order valence-corrected chi connectivity index (χ1v) is 12.1. The van der Waals surface area contributed by atoms with Crippen LogP contribution < -0.4 is 20.3 Å². The molecule has 0 aliphatic rings. The molecule has 0 heterocycles. The molecule has 0 radical (unpaired) electrons. The first-order chi connectivity index (χ1) is 15.0. The molecule has 0 atom stereocenters. The van der Waals surface area contributed by atoms with Crippen LogP contribution in [-0.2, 0) is 0 Å². The number of anilines is 2. The molecule has 0 spiro atoms. The molecule has 2 aromatic carbocycles. The Bertz CT molecular complexity index is 854. The minimum atomic E-state index is -0.271. The van der Waals surface area contributed by atoms with E-state index >= 15 is 0 Å². The van der Waals surface area contributed by atoms with E-state index in [1.54, 1.807) is 18.2 Å². The fourth-order valence-electron chi connectivity index (χ4n) is 3.15. The Hall–Kier alpha value is -2.12. The lowest BCUT2D eigenvalue weighted by Gasteiger charge is -2.21. The second-order valence-corrected chi connectivity index (χ2v) is 8.44. The molecule has 5 nitrogen and oxygen atoms in total. The number of hydrogen-bond acceptors (Lipinski definition) is 4. The smallest absolute Gasteiger partial charge is 0.257 e. The number of carbonyl (C=O) groups excluding carboxylic acids is 1. The highest BCUT2D eigenvalue weighted by Crippen LogP contribution is 2.26. The number of amides is 1. The zero-order valence-electron chi connectivity index (χ0n) is 18.5. The largest absolute Gasteiger partial charge is 0.492 e. The van der Waals surface area contributed by atoms with Crippen molar-refractivity contribution in [2.24, 2.45) is 0 Å². The van der Waals surface area contributed by atoms with Crippen molar-refractivity contribution in [3.63, 3.8) is 0 Å². The summed E-state index contributed by atoms with van der Waals surface area (Å²) in [5.74, 6) is 0.467. The highest BCUT2D eigenvalue weighted by Gasteiger charge is 2.11. The van der Waals surface area contributed by atoms with E-state index in [1.165, 1.54) is 12.8 Å². The average Bonchev–Trinajstić information content (AvgIpc) is 2.76. The summed E-state index contributed by atoms with van der Waals surface area (Å²) in [6.45, 7) is 9.03. The standard InChI is InChI=1S/C24H32BrN3O2S/c1-4-7-8-9-16-30-22-15-10-18(17-21(22)25)23(29)27-24(31)26-19-11-13-20(14-12-19)28(5-2)6-3/h10-15,17H,4-9,16H2,1-3H3,(H2,26,27,29,31). The lowest BCUT2D eigenvalue weighted by Crippen LogP contribution is -2.34. The molecule has 2 N–H and O–H groups in total. The number of halogens is 1. The van der Waals surface area contributed by atoms with Crippen molar-refractivity contribution in [1.29, 1.82) is 0 Å². The molecule has 7 heteroatoms. The number of benzene rings is 2. The van der Waals surface area contributed by atoms with E-state index in [0.717, 1.165) is 47.5 Å². The molecule has 2 rings (SSSR count). The quantitative estimate of drug-likeness (QED) is 0.274. The van der Waals surface area contributed by atoms with Gasteiger partial charge in [0.25, 0.3) is 5.91 Å². The molecular formula is C24H32BrN3O2S. The van der Waals surface area contributed by atoms with Gasteiger partial charge in [0.15, 0.2) is 5.11 Å². The van der Waals surface area contributed by atoms with E-state index in [0.29, 0.717) is 12.2 Å². The molecule has 31 heavy (non-hydrogen) atoms. The Morgan fingerprint density at radius 3 is 2.35 bits per heavy atom. The first-order valence-electron chi connectivity index (χ1n) is 10.9. The van der Waals surface area contributed by atoms with Crippen molar-refractivity contribution in [3.05, 3.63) is 52.5 Å². The predicted molar refractivity (Wildman–Crippen MR) is 137 cm³/mol. The lowest BCUT2D eigenvalue weighted by atomic mass is 10.2. The van der Waals surface area contributed by atoms with Crippen molar-refractivity contribution in [3.8, 4) is 5.75 Å². The molecule has 0 aromatic heterocycles. The van der Waals surface area contributed by atoms with Crippen LogP contribution in [0.25, 0.3) is 0 Å². The van der Waals surface area contributed by atoms with Gasteiger partial charge in [0.1, 0.15) is 5.75 Å². The van der Waals surface area contributed by atoms with Crippen LogP contribution in [0.2, 0.25) is 0 Å². The maximum atomic E-state index is 12.6. The van der Waals surface area contributed by atoms with Crippen molar-refractivity contribution in [2.45, 2.75) is 46.5 Å². The molecule has 0 fully saturated rings. The lowest BCUT2D eigenvalue weighted by molar-refractivity contribution is 0.0977. The first kappa shape index (κ1) is 25.1. The highest BCUT2D eigenvalue weighted by atomic mass is 79.9. The van der Waals surface area contributed by atoms with Crippen molar-refractivity contribution < 1.29 is 9.53 Å². The van der Waals surface area contributed by atoms with Crippen LogP contribution in [0.3, 0.4) is 0 Å². The number of nitrogens with zero attached hydrogens (tertiary/aromatic N) is 1. The summed E-state index contributed by atoms with van der Waals surface area (Å²) < 4.78 is 6.55. The van der Waals surface area contributed by atoms with Crippen LogP contribution in [0.5, 0.6) is 5.75 Å². The number of rotatable bonds is 11. The Kier molecular flexibility index (Phi) is 10.8. The van der Waals surface area contributed by atoms with E-state index in [2.05, 4.69) is 52.2 Å². The van der Waals surface area contributed by atoms with Crippen LogP contribution in [-0.4, -0.2) is 30.7 Å². The van der Waals surface area contributed by atoms with Gasteiger partial charge in [-0.3, -0.25) is 10.1 Å². The molecule has 0 saturated heterocycles. The van der Waals surface area contributed by atoms with Gasteiger partial charge in [-0.2, -0.15) is 0 Å². The van der Waals surface area contributed by atoms with E-state index in [9.17, 15) is 4.79 Å². The van der Waals surface area contributed by atoms with Crippen molar-refractivity contribution >= 4 is 50.5 Å². The molecule has 0 aliphatic carbocycles. The van der Waals surface area contributed by atoms with Gasteiger partial charge >= 0.3 is 0 Å². The number of carbonyl (C=O) groups is 1. The summed E-state index contributed by atoms with van der Waals surface area (Å²) in [5.41, 5.74) is 2.49. The summed E-state index contributed by atoms with van der Waals surface area (Å²) in [6, 6.07) is 13.3. The Morgan fingerprint density at radius 2 is 1.74 bits per heavy atom. The van der Waals surface area contributed by atoms with E-state index in [-0.39, 0.29) is 11.0 Å². The topological polar surface area (TPSA) is 53.6 Å². The van der Waals surface area contributed by atoms with Crippen molar-refractivity contribution in [2.75, 3.05) is 29.9 Å². The van der Waals surface area contributed by atoms with E-state index in [1.807, 2.05) is 24.3 Å². The molecule has 0 unspecified atom stereocenters. The third-order valence-corrected chi connectivity index (χ3v) is 5.75. The van der Waals surface area contributed by atoms with Gasteiger partial charge in [-0.15, -0.1) is 0 Å². The summed E-state index contributed by atoms with van der Waals surface area (Å²) in [7, 11) is 0. The number of ether oxygens (including phenoxy) is 1. The molecule has 1 amide bonds. The predicted octanol–water partition coefficient (Wildman–Crippen LogP) is 6.38. The van der Waals surface area contributed by atoms with Crippen LogP contribution in [0.1, 0.15) is 56.8 Å². The Balaban J connectivity index is 1.88. The summed E-state index contributed by atoms with van der Waals surface area (Å²) >= 11 is 8.79. The number of nitrogens with one attached hydrogen (secondary N) is 2. The van der Waals surface area contributed by atoms with Gasteiger partial charge in [-0.1, -0.05) is 26.2 Å². The average molecular weight is 507 g/mol. The van der Waals surface area contributed by atoms with Crippen LogP contribution in [0, 0.1) is 0 Å². The molecule has 0 bridgehead atoms.